The number of hydrogen-bond acceptors (Lipinski definition) is 11. The summed E-state index contributed by atoms with van der Waals surface area (Å²) in [6.07, 6.45) is 0. The van der Waals surface area contributed by atoms with E-state index in [9.17, 15) is 0 Å². The molecule has 0 spiro atoms. The van der Waals surface area contributed by atoms with Crippen molar-refractivity contribution in [3.05, 3.63) is 391 Å². The number of benzene rings is 16. The first-order valence-corrected chi connectivity index (χ1v) is 45.3. The van der Waals surface area contributed by atoms with Crippen molar-refractivity contribution in [3.63, 3.8) is 0 Å². The van der Waals surface area contributed by atoms with Gasteiger partial charge in [-0.25, -0.2) is 29.9 Å². The molecule has 0 saturated heterocycles. The van der Waals surface area contributed by atoms with E-state index in [1.165, 1.54) is 94.0 Å². The minimum absolute atomic E-state index is 0.141. The third-order valence-corrected chi connectivity index (χ3v) is 29.9. The Morgan fingerprint density at radius 3 is 0.939 bits per heavy atom. The van der Waals surface area contributed by atoms with Crippen molar-refractivity contribution in [1.82, 2.24) is 29.9 Å². The Morgan fingerprint density at radius 1 is 0.191 bits per heavy atom. The number of nitrogens with zero attached hydrogens (tertiary/aromatic N) is 7. The molecule has 0 N–H and O–H groups in total. The molecule has 0 bridgehead atoms. The largest absolute Gasteiger partial charge is 0.456 e. The number of aromatic nitrogens is 6. The van der Waals surface area contributed by atoms with Gasteiger partial charge in [0.25, 0.3) is 0 Å². The molecule has 131 heavy (non-hydrogen) atoms. The molecule has 6 heterocycles. The normalized spacial score (nSPS) is 14.9. The van der Waals surface area contributed by atoms with E-state index >= 15 is 0 Å². The molecular weight excluding hydrogens is 1600 g/mol. The van der Waals surface area contributed by atoms with Gasteiger partial charge in [0.15, 0.2) is 34.9 Å². The van der Waals surface area contributed by atoms with Gasteiger partial charge in [-0.2, -0.15) is 0 Å². The van der Waals surface area contributed by atoms with E-state index in [4.69, 9.17) is 47.6 Å². The number of fused-ring (bicyclic) bond motifs is 24. The van der Waals surface area contributed by atoms with Gasteiger partial charge in [-0.1, -0.05) is 344 Å². The van der Waals surface area contributed by atoms with E-state index in [1.807, 2.05) is 140 Å². The molecule has 0 amide bonds. The highest BCUT2D eigenvalue weighted by Crippen LogP contribution is 2.62. The van der Waals surface area contributed by atoms with Crippen LogP contribution >= 0.6 is 0 Å². The fourth-order valence-electron chi connectivity index (χ4n) is 21.0. The molecular formula is C120H95N7O4. The second-order valence-corrected chi connectivity index (χ2v) is 38.4. The molecule has 0 atom stereocenters. The maximum absolute atomic E-state index is 6.57. The second kappa shape index (κ2) is 30.1. The molecule has 0 aliphatic heterocycles. The standard InChI is InChI=1S/C45H33N3O2.C39H31N3O.C36H31NO/c1-44(2)33-25-27(21-22-28(33)29-23-24-37-39(40(29)45(44,3)4)31-16-9-11-19-35(31)50-37)42-46-41(26-13-6-5-7-14-26)47-43(48-42)32-17-12-20-36-38(32)30-15-8-10-18-34(30)49-36;1-38(2)31-23-26(37-41-35(24-13-7-5-8-14-24)40-36(42-37)25-15-9-6-10-16-25)19-20-27(31)29-21-22-30-28-17-11-12-18-32(28)43-34(30)33(29)39(38,3)4;1-35(2)31-23-26(37(24-13-7-5-8-14-24)25-15-9-6-10-16-25)19-20-27(31)29-21-22-30-28-17-11-12-18-32(28)38-34(30)33(29)36(35,3)4/h5-25H,1-4H3;5-23H,1-4H3;5-23H,1-4H3. The van der Waals surface area contributed by atoms with Crippen LogP contribution in [0.3, 0.4) is 0 Å². The van der Waals surface area contributed by atoms with Crippen molar-refractivity contribution in [2.24, 2.45) is 0 Å². The number of hydrogen-bond donors (Lipinski definition) is 0. The van der Waals surface area contributed by atoms with E-state index in [-0.39, 0.29) is 32.5 Å². The molecule has 16 aromatic carbocycles. The zero-order chi connectivity index (χ0) is 89.2. The lowest BCUT2D eigenvalue weighted by Crippen LogP contribution is -2.43. The number of para-hydroxylation sites is 6. The Hall–Kier alpha value is -15.5. The Balaban J connectivity index is 0.000000113. The molecule has 0 radical (unpaired) electrons. The quantitative estimate of drug-likeness (QED) is 0.137. The van der Waals surface area contributed by atoms with Crippen LogP contribution in [0, 0.1) is 0 Å². The van der Waals surface area contributed by atoms with Gasteiger partial charge in [0.05, 0.1) is 0 Å². The summed E-state index contributed by atoms with van der Waals surface area (Å²) < 4.78 is 25.7. The summed E-state index contributed by atoms with van der Waals surface area (Å²) in [4.78, 5) is 32.6. The average molecular weight is 1700 g/mol. The fraction of sp³-hybridized carbons (Fsp3) is 0.150. The van der Waals surface area contributed by atoms with E-state index in [0.717, 1.165) is 111 Å². The zero-order valence-corrected chi connectivity index (χ0v) is 75.3. The smallest absolute Gasteiger partial charge is 0.164 e. The Morgan fingerprint density at radius 2 is 0.504 bits per heavy atom. The summed E-state index contributed by atoms with van der Waals surface area (Å²) in [7, 11) is 0. The number of rotatable bonds is 9. The van der Waals surface area contributed by atoms with Crippen molar-refractivity contribution < 1.29 is 17.7 Å². The Kier molecular flexibility index (Phi) is 18.4. The van der Waals surface area contributed by atoms with Crippen molar-refractivity contribution in [1.29, 1.82) is 0 Å². The molecule has 6 aromatic heterocycles. The third kappa shape index (κ3) is 12.6. The maximum atomic E-state index is 6.57. The molecule has 0 saturated carbocycles. The third-order valence-electron chi connectivity index (χ3n) is 29.9. The van der Waals surface area contributed by atoms with Gasteiger partial charge in [0, 0.05) is 121 Å². The molecule has 11 nitrogen and oxygen atoms in total. The van der Waals surface area contributed by atoms with Gasteiger partial charge in [-0.3, -0.25) is 0 Å². The minimum Gasteiger partial charge on any atom is -0.456 e. The molecule has 3 aliphatic rings. The summed E-state index contributed by atoms with van der Waals surface area (Å²) in [6, 6.07) is 125. The molecule has 22 aromatic rings. The lowest BCUT2D eigenvalue weighted by molar-refractivity contribution is 0.299. The number of anilines is 3. The van der Waals surface area contributed by atoms with Crippen molar-refractivity contribution in [2.45, 2.75) is 116 Å². The molecule has 11 heteroatoms. The number of furan rings is 4. The van der Waals surface area contributed by atoms with Gasteiger partial charge in [-0.15, -0.1) is 0 Å². The summed E-state index contributed by atoms with van der Waals surface area (Å²) in [5.74, 6) is 3.88. The Labute approximate surface area is 760 Å². The lowest BCUT2D eigenvalue weighted by atomic mass is 9.54. The average Bonchev–Trinajstić information content (AvgIpc) is 1.64. The lowest BCUT2D eigenvalue weighted by Gasteiger charge is -2.48. The van der Waals surface area contributed by atoms with Crippen LogP contribution in [0.1, 0.15) is 116 Å². The molecule has 25 rings (SSSR count). The highest BCUT2D eigenvalue weighted by molar-refractivity contribution is 6.14. The highest BCUT2D eigenvalue weighted by Gasteiger charge is 2.51. The summed E-state index contributed by atoms with van der Waals surface area (Å²) >= 11 is 0. The first kappa shape index (κ1) is 80.1. The van der Waals surface area contributed by atoms with E-state index in [2.05, 4.69) is 306 Å². The predicted octanol–water partition coefficient (Wildman–Crippen LogP) is 32.2. The van der Waals surface area contributed by atoms with Gasteiger partial charge in [-0.05, 0) is 169 Å². The molecule has 3 aliphatic carbocycles. The first-order valence-electron chi connectivity index (χ1n) is 45.3. The first-order chi connectivity index (χ1) is 63.5. The fourth-order valence-corrected chi connectivity index (χ4v) is 21.0. The van der Waals surface area contributed by atoms with Crippen LogP contribution in [-0.4, -0.2) is 29.9 Å². The van der Waals surface area contributed by atoms with Crippen molar-refractivity contribution in [3.8, 4) is 102 Å². The van der Waals surface area contributed by atoms with Crippen LogP contribution in [0.4, 0.5) is 17.1 Å². The summed E-state index contributed by atoms with van der Waals surface area (Å²) in [5.41, 5.74) is 30.7. The summed E-state index contributed by atoms with van der Waals surface area (Å²) in [5, 5.41) is 9.12. The second-order valence-electron chi connectivity index (χ2n) is 38.4. The van der Waals surface area contributed by atoms with Crippen LogP contribution in [0.15, 0.2) is 376 Å². The Bertz CT molecular complexity index is 8250. The molecule has 0 fully saturated rings. The van der Waals surface area contributed by atoms with Crippen LogP contribution < -0.4 is 4.90 Å². The monoisotopic (exact) mass is 1700 g/mol. The maximum Gasteiger partial charge on any atom is 0.164 e. The van der Waals surface area contributed by atoms with Gasteiger partial charge in [0.1, 0.15) is 44.7 Å². The van der Waals surface area contributed by atoms with Crippen LogP contribution in [0.2, 0.25) is 0 Å². The van der Waals surface area contributed by atoms with Crippen LogP contribution in [-0.2, 0) is 32.5 Å². The van der Waals surface area contributed by atoms with E-state index < -0.39 is 0 Å². The molecule has 0 unspecified atom stereocenters. The predicted molar refractivity (Wildman–Crippen MR) is 537 cm³/mol. The topological polar surface area (TPSA) is 133 Å². The van der Waals surface area contributed by atoms with E-state index in [1.54, 1.807) is 0 Å². The van der Waals surface area contributed by atoms with E-state index in [0.29, 0.717) is 34.9 Å². The van der Waals surface area contributed by atoms with Gasteiger partial charge >= 0.3 is 0 Å². The SMILES string of the molecule is CC1(C)c2cc(-c3nc(-c4ccccc4)nc(-c4cccc5oc6ccccc6c45)n3)ccc2-c2ccc3oc4ccccc4c3c2C1(C)C.CC1(C)c2cc(-c3nc(-c4ccccc4)nc(-c4ccccc4)n3)ccc2-c2ccc3c(oc4ccccc43)c2C1(C)C.CC1(C)c2cc(N(c3ccccc3)c3ccccc3)ccc2-c2ccc3c(oc4ccccc43)c2C1(C)C. The van der Waals surface area contributed by atoms with Crippen molar-refractivity contribution in [2.75, 3.05) is 4.90 Å². The van der Waals surface area contributed by atoms with Crippen LogP contribution in [0.5, 0.6) is 0 Å². The summed E-state index contributed by atoms with van der Waals surface area (Å²) in [6.45, 7) is 28.4. The van der Waals surface area contributed by atoms with Crippen LogP contribution in [0.25, 0.3) is 189 Å². The van der Waals surface area contributed by atoms with Gasteiger partial charge < -0.3 is 22.6 Å². The van der Waals surface area contributed by atoms with Gasteiger partial charge in [0.2, 0.25) is 0 Å². The minimum atomic E-state index is -0.239. The zero-order valence-electron chi connectivity index (χ0n) is 75.3. The highest BCUT2D eigenvalue weighted by atomic mass is 16.3. The molecule has 634 valence electrons. The van der Waals surface area contributed by atoms with Crippen molar-refractivity contribution >= 4 is 105 Å².